The molecule has 0 aliphatic carbocycles. The molecule has 0 saturated carbocycles. The Kier molecular flexibility index (Phi) is 4.03. The highest BCUT2D eigenvalue weighted by atomic mass is 19.1. The summed E-state index contributed by atoms with van der Waals surface area (Å²) in [4.78, 5) is 0. The van der Waals surface area contributed by atoms with Crippen molar-refractivity contribution in [3.05, 3.63) is 29.8 Å². The number of hydrogen-bond acceptors (Lipinski definition) is 2. The van der Waals surface area contributed by atoms with Gasteiger partial charge < -0.3 is 10.1 Å². The molecular weight excluding hydrogens is 200 g/mol. The largest absolute Gasteiger partial charge is 0.380 e. The third-order valence-electron chi connectivity index (χ3n) is 2.33. The van der Waals surface area contributed by atoms with Crippen LogP contribution in [0, 0.1) is 11.6 Å². The summed E-state index contributed by atoms with van der Waals surface area (Å²) in [5, 5.41) is 2.97. The van der Waals surface area contributed by atoms with Gasteiger partial charge in [-0.3, -0.25) is 0 Å². The van der Waals surface area contributed by atoms with Crippen molar-refractivity contribution in [2.45, 2.75) is 26.0 Å². The molecule has 0 aliphatic rings. The van der Waals surface area contributed by atoms with E-state index in [9.17, 15) is 8.78 Å². The first-order valence-electron chi connectivity index (χ1n) is 4.78. The molecule has 2 atom stereocenters. The Balaban J connectivity index is 2.72. The Morgan fingerprint density at radius 2 is 1.67 bits per heavy atom. The maximum absolute atomic E-state index is 12.9. The molecule has 0 aliphatic heterocycles. The zero-order valence-electron chi connectivity index (χ0n) is 9.05. The second kappa shape index (κ2) is 5.07. The number of hydrogen-bond donors (Lipinski definition) is 1. The highest BCUT2D eigenvalue weighted by Gasteiger charge is 2.11. The molecule has 1 rings (SSSR count). The first kappa shape index (κ1) is 11.9. The van der Waals surface area contributed by atoms with E-state index in [1.165, 1.54) is 12.1 Å². The van der Waals surface area contributed by atoms with Crippen molar-refractivity contribution < 1.29 is 13.5 Å². The highest BCUT2D eigenvalue weighted by molar-refractivity contribution is 5.44. The van der Waals surface area contributed by atoms with Gasteiger partial charge in [0.25, 0.3) is 0 Å². The van der Waals surface area contributed by atoms with E-state index in [-0.39, 0.29) is 12.1 Å². The van der Waals surface area contributed by atoms with E-state index in [2.05, 4.69) is 5.32 Å². The van der Waals surface area contributed by atoms with Crippen LogP contribution < -0.4 is 5.32 Å². The van der Waals surface area contributed by atoms with E-state index in [0.29, 0.717) is 5.69 Å². The maximum atomic E-state index is 12.9. The van der Waals surface area contributed by atoms with Crippen LogP contribution in [0.3, 0.4) is 0 Å². The smallest absolute Gasteiger partial charge is 0.128 e. The number of methoxy groups -OCH3 is 1. The number of benzene rings is 1. The molecule has 1 aromatic carbocycles. The van der Waals surface area contributed by atoms with Crippen LogP contribution in [0.2, 0.25) is 0 Å². The average molecular weight is 215 g/mol. The van der Waals surface area contributed by atoms with Crippen LogP contribution >= 0.6 is 0 Å². The number of nitrogens with one attached hydrogen (secondary N) is 1. The van der Waals surface area contributed by atoms with Crippen molar-refractivity contribution in [1.29, 1.82) is 0 Å². The number of halogens is 2. The zero-order valence-corrected chi connectivity index (χ0v) is 9.05. The minimum absolute atomic E-state index is 0.0174. The van der Waals surface area contributed by atoms with E-state index in [4.69, 9.17) is 4.74 Å². The predicted octanol–water partition coefficient (Wildman–Crippen LogP) is 2.80. The van der Waals surface area contributed by atoms with Crippen LogP contribution in [0.4, 0.5) is 14.5 Å². The second-order valence-corrected chi connectivity index (χ2v) is 3.53. The number of anilines is 1. The molecule has 1 N–H and O–H groups in total. The Hall–Kier alpha value is -1.16. The lowest BCUT2D eigenvalue weighted by atomic mass is 10.2. The molecule has 2 unspecified atom stereocenters. The SMILES string of the molecule is COC(C)C(C)Nc1cc(F)cc(F)c1. The fraction of sp³-hybridized carbons (Fsp3) is 0.455. The maximum Gasteiger partial charge on any atom is 0.128 e. The molecule has 4 heteroatoms. The van der Waals surface area contributed by atoms with Gasteiger partial charge in [0.1, 0.15) is 11.6 Å². The van der Waals surface area contributed by atoms with E-state index in [1.54, 1.807) is 7.11 Å². The lowest BCUT2D eigenvalue weighted by molar-refractivity contribution is 0.106. The van der Waals surface area contributed by atoms with Gasteiger partial charge in [-0.1, -0.05) is 0 Å². The average Bonchev–Trinajstić information content (AvgIpc) is 2.14. The molecule has 0 bridgehead atoms. The lowest BCUT2D eigenvalue weighted by Gasteiger charge is -2.21. The normalized spacial score (nSPS) is 14.7. The molecule has 0 saturated heterocycles. The Bertz CT molecular complexity index is 310. The van der Waals surface area contributed by atoms with Crippen molar-refractivity contribution >= 4 is 5.69 Å². The first-order valence-corrected chi connectivity index (χ1v) is 4.78. The van der Waals surface area contributed by atoms with Gasteiger partial charge in [0.15, 0.2) is 0 Å². The predicted molar refractivity (Wildman–Crippen MR) is 55.9 cm³/mol. The molecule has 0 spiro atoms. The summed E-state index contributed by atoms with van der Waals surface area (Å²) in [6.45, 7) is 3.77. The highest BCUT2D eigenvalue weighted by Crippen LogP contribution is 2.15. The van der Waals surface area contributed by atoms with Crippen molar-refractivity contribution in [1.82, 2.24) is 0 Å². The van der Waals surface area contributed by atoms with Gasteiger partial charge in [0.05, 0.1) is 6.10 Å². The van der Waals surface area contributed by atoms with E-state index < -0.39 is 11.6 Å². The molecule has 0 heterocycles. The van der Waals surface area contributed by atoms with Crippen molar-refractivity contribution in [3.8, 4) is 0 Å². The molecule has 0 radical (unpaired) electrons. The molecule has 2 nitrogen and oxygen atoms in total. The van der Waals surface area contributed by atoms with Gasteiger partial charge in [-0.05, 0) is 26.0 Å². The molecule has 0 amide bonds. The fourth-order valence-corrected chi connectivity index (χ4v) is 1.22. The summed E-state index contributed by atoms with van der Waals surface area (Å²) >= 11 is 0. The van der Waals surface area contributed by atoms with Gasteiger partial charge in [-0.2, -0.15) is 0 Å². The summed E-state index contributed by atoms with van der Waals surface area (Å²) in [6, 6.07) is 3.33. The van der Waals surface area contributed by atoms with Gasteiger partial charge in [0.2, 0.25) is 0 Å². The van der Waals surface area contributed by atoms with Gasteiger partial charge in [0, 0.05) is 24.9 Å². The monoisotopic (exact) mass is 215 g/mol. The summed E-state index contributed by atoms with van der Waals surface area (Å²) in [5.41, 5.74) is 0.420. The Labute approximate surface area is 88.3 Å². The minimum atomic E-state index is -0.588. The van der Waals surface area contributed by atoms with Crippen LogP contribution in [0.25, 0.3) is 0 Å². The summed E-state index contributed by atoms with van der Waals surface area (Å²) in [6.07, 6.45) is -0.0312. The third-order valence-corrected chi connectivity index (χ3v) is 2.33. The summed E-state index contributed by atoms with van der Waals surface area (Å²) in [7, 11) is 1.59. The van der Waals surface area contributed by atoms with Crippen molar-refractivity contribution in [3.63, 3.8) is 0 Å². The molecule has 0 fully saturated rings. The minimum Gasteiger partial charge on any atom is -0.380 e. The van der Waals surface area contributed by atoms with Crippen molar-refractivity contribution in [2.24, 2.45) is 0 Å². The van der Waals surface area contributed by atoms with Crippen molar-refractivity contribution in [2.75, 3.05) is 12.4 Å². The van der Waals surface area contributed by atoms with Gasteiger partial charge in [-0.15, -0.1) is 0 Å². The van der Waals surface area contributed by atoms with E-state index >= 15 is 0 Å². The quantitative estimate of drug-likeness (QED) is 0.833. The van der Waals surface area contributed by atoms with Crippen LogP contribution in [0.5, 0.6) is 0 Å². The number of rotatable bonds is 4. The van der Waals surface area contributed by atoms with Crippen LogP contribution in [-0.4, -0.2) is 19.3 Å². The topological polar surface area (TPSA) is 21.3 Å². The van der Waals surface area contributed by atoms with Crippen LogP contribution in [-0.2, 0) is 4.74 Å². The van der Waals surface area contributed by atoms with Crippen LogP contribution in [0.1, 0.15) is 13.8 Å². The standard InChI is InChI=1S/C11H15F2NO/c1-7(8(2)15-3)14-11-5-9(12)4-10(13)6-11/h4-8,14H,1-3H3. The number of ether oxygens (including phenoxy) is 1. The fourth-order valence-electron chi connectivity index (χ4n) is 1.22. The molecule has 1 aromatic rings. The van der Waals surface area contributed by atoms with Crippen LogP contribution in [0.15, 0.2) is 18.2 Å². The summed E-state index contributed by atoms with van der Waals surface area (Å²) < 4.78 is 30.8. The zero-order chi connectivity index (χ0) is 11.4. The van der Waals surface area contributed by atoms with Gasteiger partial charge >= 0.3 is 0 Å². The third kappa shape index (κ3) is 3.47. The molecule has 84 valence electrons. The first-order chi connectivity index (χ1) is 7.02. The van der Waals surface area contributed by atoms with E-state index in [0.717, 1.165) is 6.07 Å². The summed E-state index contributed by atoms with van der Waals surface area (Å²) in [5.74, 6) is -1.18. The Morgan fingerprint density at radius 3 is 2.13 bits per heavy atom. The van der Waals surface area contributed by atoms with E-state index in [1.807, 2.05) is 13.8 Å². The second-order valence-electron chi connectivity index (χ2n) is 3.53. The molecule has 0 aromatic heterocycles. The van der Waals surface area contributed by atoms with Gasteiger partial charge in [-0.25, -0.2) is 8.78 Å². The molecule has 15 heavy (non-hydrogen) atoms. The molecular formula is C11H15F2NO. The lowest BCUT2D eigenvalue weighted by Crippen LogP contribution is -2.29. The Morgan fingerprint density at radius 1 is 1.13 bits per heavy atom.